The summed E-state index contributed by atoms with van der Waals surface area (Å²) in [7, 11) is 0. The molecule has 0 spiro atoms. The third kappa shape index (κ3) is 3.96. The summed E-state index contributed by atoms with van der Waals surface area (Å²) >= 11 is 0. The smallest absolute Gasteiger partial charge is 0.321 e. The molecule has 2 aromatic rings. The molecule has 0 fully saturated rings. The van der Waals surface area contributed by atoms with E-state index in [-0.39, 0.29) is 0 Å². The Morgan fingerprint density at radius 3 is 2.58 bits per heavy atom. The number of carboxylic acids is 1. The van der Waals surface area contributed by atoms with E-state index in [1.807, 2.05) is 49.4 Å². The fourth-order valence-electron chi connectivity index (χ4n) is 1.90. The van der Waals surface area contributed by atoms with Gasteiger partial charge < -0.3 is 9.52 Å². The number of hydrogen-bond donors (Lipinski definition) is 2. The van der Waals surface area contributed by atoms with Crippen LogP contribution in [0.5, 0.6) is 0 Å². The van der Waals surface area contributed by atoms with Crippen molar-refractivity contribution >= 4 is 5.97 Å². The van der Waals surface area contributed by atoms with Crippen molar-refractivity contribution in [3.05, 3.63) is 59.5 Å². The van der Waals surface area contributed by atoms with Gasteiger partial charge in [-0.3, -0.25) is 10.1 Å². The van der Waals surface area contributed by atoms with E-state index in [2.05, 4.69) is 5.32 Å². The molecule has 0 aliphatic rings. The summed E-state index contributed by atoms with van der Waals surface area (Å²) in [6.07, 6.45) is 0.454. The second kappa shape index (κ2) is 6.20. The Bertz CT molecular complexity index is 533. The third-order valence-corrected chi connectivity index (χ3v) is 2.90. The molecule has 0 saturated carbocycles. The van der Waals surface area contributed by atoms with Crippen LogP contribution in [0.15, 0.2) is 46.9 Å². The molecule has 1 atom stereocenters. The van der Waals surface area contributed by atoms with Crippen LogP contribution in [0.3, 0.4) is 0 Å². The van der Waals surface area contributed by atoms with E-state index in [1.165, 1.54) is 0 Å². The molecule has 0 aliphatic carbocycles. The highest BCUT2D eigenvalue weighted by atomic mass is 16.4. The second-order valence-electron chi connectivity index (χ2n) is 4.47. The monoisotopic (exact) mass is 259 g/mol. The van der Waals surface area contributed by atoms with E-state index in [4.69, 9.17) is 4.42 Å². The van der Waals surface area contributed by atoms with E-state index >= 15 is 0 Å². The third-order valence-electron chi connectivity index (χ3n) is 2.90. The van der Waals surface area contributed by atoms with Gasteiger partial charge in [0.2, 0.25) is 0 Å². The molecule has 0 unspecified atom stereocenters. The zero-order valence-electron chi connectivity index (χ0n) is 10.8. The highest BCUT2D eigenvalue weighted by Crippen LogP contribution is 2.08. The number of aliphatic carboxylic acids is 1. The largest absolute Gasteiger partial charge is 0.480 e. The minimum atomic E-state index is -0.855. The van der Waals surface area contributed by atoms with Crippen LogP contribution in [0.25, 0.3) is 0 Å². The lowest BCUT2D eigenvalue weighted by atomic mass is 10.1. The molecule has 1 aromatic heterocycles. The summed E-state index contributed by atoms with van der Waals surface area (Å²) in [5.74, 6) is 0.718. The van der Waals surface area contributed by atoms with Gasteiger partial charge >= 0.3 is 5.97 Å². The van der Waals surface area contributed by atoms with E-state index < -0.39 is 12.0 Å². The molecule has 4 heteroatoms. The van der Waals surface area contributed by atoms with Gasteiger partial charge in [-0.15, -0.1) is 0 Å². The number of nitrogens with one attached hydrogen (secondary N) is 1. The zero-order chi connectivity index (χ0) is 13.7. The first-order valence-electron chi connectivity index (χ1n) is 6.20. The van der Waals surface area contributed by atoms with Crippen molar-refractivity contribution in [1.29, 1.82) is 0 Å². The van der Waals surface area contributed by atoms with Gasteiger partial charge in [0, 0.05) is 0 Å². The number of carboxylic acid groups (broad SMARTS) is 1. The summed E-state index contributed by atoms with van der Waals surface area (Å²) < 4.78 is 5.41. The van der Waals surface area contributed by atoms with Crippen LogP contribution in [0.2, 0.25) is 0 Å². The van der Waals surface area contributed by atoms with Crippen LogP contribution < -0.4 is 5.32 Å². The van der Waals surface area contributed by atoms with E-state index in [9.17, 15) is 9.90 Å². The Kier molecular flexibility index (Phi) is 4.36. The Morgan fingerprint density at radius 1 is 1.26 bits per heavy atom. The van der Waals surface area contributed by atoms with E-state index in [1.54, 1.807) is 0 Å². The Labute approximate surface area is 112 Å². The van der Waals surface area contributed by atoms with Crippen LogP contribution >= 0.6 is 0 Å². The highest BCUT2D eigenvalue weighted by molar-refractivity contribution is 5.73. The minimum absolute atomic E-state index is 0.414. The van der Waals surface area contributed by atoms with Crippen molar-refractivity contribution in [2.75, 3.05) is 0 Å². The average molecular weight is 259 g/mol. The molecule has 0 amide bonds. The average Bonchev–Trinajstić information content (AvgIpc) is 2.81. The Hall–Kier alpha value is -2.07. The Balaban J connectivity index is 1.95. The van der Waals surface area contributed by atoms with Crippen LogP contribution in [-0.4, -0.2) is 17.1 Å². The van der Waals surface area contributed by atoms with E-state index in [0.29, 0.717) is 13.0 Å². The summed E-state index contributed by atoms with van der Waals surface area (Å²) in [6.45, 7) is 2.28. The lowest BCUT2D eigenvalue weighted by Crippen LogP contribution is -2.38. The standard InChI is InChI=1S/C15H17NO3/c1-11-7-8-13(19-11)10-16-14(15(17)18)9-12-5-3-2-4-6-12/h2-8,14,16H,9-10H2,1H3,(H,17,18)/t14-/m1/s1. The van der Waals surface area contributed by atoms with Gasteiger partial charge in [-0.25, -0.2) is 0 Å². The maximum atomic E-state index is 11.2. The van der Waals surface area contributed by atoms with Gasteiger partial charge in [0.15, 0.2) is 0 Å². The molecular formula is C15H17NO3. The van der Waals surface area contributed by atoms with Gasteiger partial charge in [0.05, 0.1) is 6.54 Å². The van der Waals surface area contributed by atoms with E-state index in [0.717, 1.165) is 17.1 Å². The highest BCUT2D eigenvalue weighted by Gasteiger charge is 2.17. The summed E-state index contributed by atoms with van der Waals surface area (Å²) in [6, 6.07) is 12.7. The molecule has 0 aliphatic heterocycles. The normalized spacial score (nSPS) is 12.3. The molecule has 1 aromatic carbocycles. The van der Waals surface area contributed by atoms with Gasteiger partial charge in [-0.05, 0) is 31.0 Å². The zero-order valence-corrected chi connectivity index (χ0v) is 10.8. The van der Waals surface area contributed by atoms with Crippen LogP contribution in [0.1, 0.15) is 17.1 Å². The first-order chi connectivity index (χ1) is 9.15. The fraction of sp³-hybridized carbons (Fsp3) is 0.267. The lowest BCUT2D eigenvalue weighted by molar-refractivity contribution is -0.139. The number of carbonyl (C=O) groups is 1. The fourth-order valence-corrected chi connectivity index (χ4v) is 1.90. The topological polar surface area (TPSA) is 62.5 Å². The van der Waals surface area contributed by atoms with Crippen molar-refractivity contribution in [2.45, 2.75) is 25.9 Å². The van der Waals surface area contributed by atoms with Crippen molar-refractivity contribution < 1.29 is 14.3 Å². The number of rotatable bonds is 6. The molecule has 4 nitrogen and oxygen atoms in total. The summed E-state index contributed by atoms with van der Waals surface area (Å²) in [5.41, 5.74) is 0.998. The predicted octanol–water partition coefficient (Wildman–Crippen LogP) is 2.37. The molecule has 2 N–H and O–H groups in total. The maximum Gasteiger partial charge on any atom is 0.321 e. The molecule has 100 valence electrons. The molecule has 0 saturated heterocycles. The molecule has 0 bridgehead atoms. The quantitative estimate of drug-likeness (QED) is 0.836. The van der Waals surface area contributed by atoms with Crippen LogP contribution in [0, 0.1) is 6.92 Å². The maximum absolute atomic E-state index is 11.2. The minimum Gasteiger partial charge on any atom is -0.480 e. The number of aryl methyl sites for hydroxylation is 1. The lowest BCUT2D eigenvalue weighted by Gasteiger charge is -2.13. The summed E-state index contributed by atoms with van der Waals surface area (Å²) in [5, 5.41) is 12.2. The van der Waals surface area contributed by atoms with Crippen molar-refractivity contribution in [3.63, 3.8) is 0 Å². The van der Waals surface area contributed by atoms with Gasteiger partial charge in [-0.2, -0.15) is 0 Å². The molecule has 0 radical (unpaired) electrons. The number of furan rings is 1. The molecule has 2 rings (SSSR count). The van der Waals surface area contributed by atoms with Crippen LogP contribution in [0.4, 0.5) is 0 Å². The van der Waals surface area contributed by atoms with Gasteiger partial charge in [-0.1, -0.05) is 30.3 Å². The number of hydrogen-bond acceptors (Lipinski definition) is 3. The van der Waals surface area contributed by atoms with Crippen molar-refractivity contribution in [2.24, 2.45) is 0 Å². The van der Waals surface area contributed by atoms with Crippen molar-refractivity contribution in [3.8, 4) is 0 Å². The second-order valence-corrected chi connectivity index (χ2v) is 4.47. The molecule has 1 heterocycles. The molecule has 19 heavy (non-hydrogen) atoms. The van der Waals surface area contributed by atoms with Crippen molar-refractivity contribution in [1.82, 2.24) is 5.32 Å². The summed E-state index contributed by atoms with van der Waals surface area (Å²) in [4.78, 5) is 11.2. The number of benzene rings is 1. The van der Waals surface area contributed by atoms with Crippen LogP contribution in [-0.2, 0) is 17.8 Å². The van der Waals surface area contributed by atoms with Gasteiger partial charge in [0.1, 0.15) is 17.6 Å². The SMILES string of the molecule is Cc1ccc(CN[C@H](Cc2ccccc2)C(=O)O)o1. The molecular weight excluding hydrogens is 242 g/mol. The first-order valence-corrected chi connectivity index (χ1v) is 6.20. The predicted molar refractivity (Wildman–Crippen MR) is 71.9 cm³/mol. The Morgan fingerprint density at radius 2 is 2.00 bits per heavy atom. The van der Waals surface area contributed by atoms with Gasteiger partial charge in [0.25, 0.3) is 0 Å². The first kappa shape index (κ1) is 13.4.